The number of ether oxygens (including phenoxy) is 1. The number of halogens is 2. The Morgan fingerprint density at radius 1 is 1.06 bits per heavy atom. The van der Waals surface area contributed by atoms with Crippen molar-refractivity contribution in [3.8, 4) is 11.4 Å². The molecule has 0 aliphatic carbocycles. The number of carbonyl (C=O) groups is 1. The van der Waals surface area contributed by atoms with E-state index in [9.17, 15) is 4.79 Å². The van der Waals surface area contributed by atoms with Gasteiger partial charge in [-0.2, -0.15) is 0 Å². The topological polar surface area (TPSA) is 46.8 Å². The van der Waals surface area contributed by atoms with Crippen LogP contribution in [0.3, 0.4) is 0 Å². The number of benzene rings is 2. The second kappa shape index (κ2) is 10.9. The van der Waals surface area contributed by atoms with Gasteiger partial charge in [-0.3, -0.25) is 14.7 Å². The highest BCUT2D eigenvalue weighted by Crippen LogP contribution is 2.34. The SMILES string of the molecule is CCN=C1S/C(=C/c2cc(C)n(-c3ccc(OCc4ccc(Cl)cc4Cl)cc3)c2C)C(=O)N1CC. The van der Waals surface area contributed by atoms with Gasteiger partial charge in [-0.25, -0.2) is 0 Å². The molecule has 1 amide bonds. The van der Waals surface area contributed by atoms with Gasteiger partial charge < -0.3 is 9.30 Å². The Bertz CT molecular complexity index is 1310. The van der Waals surface area contributed by atoms with Gasteiger partial charge in [-0.1, -0.05) is 29.3 Å². The van der Waals surface area contributed by atoms with Crippen LogP contribution in [0.25, 0.3) is 11.8 Å². The highest BCUT2D eigenvalue weighted by Gasteiger charge is 2.32. The summed E-state index contributed by atoms with van der Waals surface area (Å²) in [4.78, 5) is 19.8. The number of aromatic nitrogens is 1. The molecule has 2 heterocycles. The molecule has 1 aliphatic rings. The van der Waals surface area contributed by atoms with E-state index in [1.807, 2.05) is 50.3 Å². The first-order valence-corrected chi connectivity index (χ1v) is 13.0. The van der Waals surface area contributed by atoms with Gasteiger partial charge in [0.2, 0.25) is 0 Å². The molecule has 2 aromatic carbocycles. The monoisotopic (exact) mass is 527 g/mol. The number of nitrogens with zero attached hydrogens (tertiary/aromatic N) is 3. The molecule has 3 aromatic rings. The second-order valence-electron chi connectivity index (χ2n) is 8.10. The average molecular weight is 529 g/mol. The standard InChI is InChI=1S/C27H27Cl2N3O2S/c1-5-30-27-31(6-2)26(33)25(35-27)14-20-13-17(3)32(18(20)4)22-9-11-23(12-10-22)34-16-19-7-8-21(28)15-24(19)29/h7-15H,5-6,16H2,1-4H3/b25-14+,30-27?. The number of likely N-dealkylation sites (N-methyl/N-ethyl adjacent to an activating group) is 1. The molecule has 0 spiro atoms. The number of rotatable bonds is 7. The van der Waals surface area contributed by atoms with Crippen LogP contribution in [0.2, 0.25) is 10.0 Å². The lowest BCUT2D eigenvalue weighted by Gasteiger charge is -2.12. The van der Waals surface area contributed by atoms with E-state index >= 15 is 0 Å². The van der Waals surface area contributed by atoms with E-state index in [4.69, 9.17) is 27.9 Å². The third kappa shape index (κ3) is 5.45. The Balaban J connectivity index is 1.53. The Labute approximate surface area is 220 Å². The minimum atomic E-state index is 0.0109. The molecule has 4 rings (SSSR count). The van der Waals surface area contributed by atoms with E-state index < -0.39 is 0 Å². The number of aryl methyl sites for hydroxylation is 1. The van der Waals surface area contributed by atoms with Gasteiger partial charge in [0, 0.05) is 45.8 Å². The summed E-state index contributed by atoms with van der Waals surface area (Å²) in [6, 6.07) is 15.4. The van der Waals surface area contributed by atoms with Gasteiger partial charge in [0.05, 0.1) is 4.91 Å². The maximum absolute atomic E-state index is 12.9. The van der Waals surface area contributed by atoms with Crippen molar-refractivity contribution < 1.29 is 9.53 Å². The summed E-state index contributed by atoms with van der Waals surface area (Å²) in [5.74, 6) is 0.761. The molecule has 8 heteroatoms. The Morgan fingerprint density at radius 2 is 1.80 bits per heavy atom. The molecular weight excluding hydrogens is 501 g/mol. The summed E-state index contributed by atoms with van der Waals surface area (Å²) in [6.07, 6.45) is 1.97. The zero-order valence-electron chi connectivity index (χ0n) is 20.1. The highest BCUT2D eigenvalue weighted by molar-refractivity contribution is 8.18. The quantitative estimate of drug-likeness (QED) is 0.303. The fourth-order valence-electron chi connectivity index (χ4n) is 4.00. The Kier molecular flexibility index (Phi) is 7.95. The smallest absolute Gasteiger partial charge is 0.266 e. The lowest BCUT2D eigenvalue weighted by atomic mass is 10.2. The molecule has 0 saturated carbocycles. The first-order chi connectivity index (χ1) is 16.8. The summed E-state index contributed by atoms with van der Waals surface area (Å²) in [6.45, 7) is 9.70. The number of carbonyl (C=O) groups excluding carboxylic acids is 1. The molecular formula is C27H27Cl2N3O2S. The van der Waals surface area contributed by atoms with E-state index in [-0.39, 0.29) is 5.91 Å². The molecule has 1 aliphatic heterocycles. The largest absolute Gasteiger partial charge is 0.489 e. The van der Waals surface area contributed by atoms with Crippen molar-refractivity contribution in [3.05, 3.63) is 86.0 Å². The summed E-state index contributed by atoms with van der Waals surface area (Å²) in [7, 11) is 0. The second-order valence-corrected chi connectivity index (χ2v) is 9.95. The van der Waals surface area contributed by atoms with Crippen LogP contribution in [0.4, 0.5) is 0 Å². The van der Waals surface area contributed by atoms with Crippen LogP contribution in [-0.2, 0) is 11.4 Å². The predicted octanol–water partition coefficient (Wildman–Crippen LogP) is 7.29. The normalized spacial score (nSPS) is 16.1. The fraction of sp³-hybridized carbons (Fsp3) is 0.259. The van der Waals surface area contributed by atoms with Gasteiger partial charge in [0.25, 0.3) is 5.91 Å². The van der Waals surface area contributed by atoms with E-state index in [0.717, 1.165) is 39.1 Å². The van der Waals surface area contributed by atoms with E-state index in [1.54, 1.807) is 17.0 Å². The van der Waals surface area contributed by atoms with Crippen molar-refractivity contribution in [3.63, 3.8) is 0 Å². The Hall–Kier alpha value is -2.67. The van der Waals surface area contributed by atoms with Gasteiger partial charge in [-0.05, 0) is 93.6 Å². The lowest BCUT2D eigenvalue weighted by Crippen LogP contribution is -2.28. The van der Waals surface area contributed by atoms with Crippen LogP contribution in [0.5, 0.6) is 5.75 Å². The van der Waals surface area contributed by atoms with Crippen molar-refractivity contribution in [2.75, 3.05) is 13.1 Å². The molecule has 1 saturated heterocycles. The number of aliphatic imine (C=N–C) groups is 1. The predicted molar refractivity (Wildman–Crippen MR) is 147 cm³/mol. The Morgan fingerprint density at radius 3 is 2.46 bits per heavy atom. The van der Waals surface area contributed by atoms with Crippen LogP contribution in [0, 0.1) is 13.8 Å². The van der Waals surface area contributed by atoms with Crippen LogP contribution in [0.15, 0.2) is 58.4 Å². The number of hydrogen-bond donors (Lipinski definition) is 0. The molecule has 0 atom stereocenters. The molecule has 0 bridgehead atoms. The molecule has 1 aromatic heterocycles. The van der Waals surface area contributed by atoms with Gasteiger partial charge in [-0.15, -0.1) is 0 Å². The van der Waals surface area contributed by atoms with Crippen LogP contribution in [0.1, 0.15) is 36.4 Å². The summed E-state index contributed by atoms with van der Waals surface area (Å²) < 4.78 is 8.09. The van der Waals surface area contributed by atoms with Gasteiger partial charge >= 0.3 is 0 Å². The molecule has 35 heavy (non-hydrogen) atoms. The molecule has 0 N–H and O–H groups in total. The van der Waals surface area contributed by atoms with Crippen molar-refractivity contribution in [1.82, 2.24) is 9.47 Å². The third-order valence-electron chi connectivity index (χ3n) is 5.76. The average Bonchev–Trinajstić information content (AvgIpc) is 3.28. The van der Waals surface area contributed by atoms with Crippen molar-refractivity contribution in [1.29, 1.82) is 0 Å². The number of hydrogen-bond acceptors (Lipinski definition) is 4. The number of amidine groups is 1. The fourth-order valence-corrected chi connectivity index (χ4v) is 5.56. The summed E-state index contributed by atoms with van der Waals surface area (Å²) >= 11 is 13.7. The summed E-state index contributed by atoms with van der Waals surface area (Å²) in [5.41, 5.74) is 5.07. The first kappa shape index (κ1) is 25.4. The van der Waals surface area contributed by atoms with E-state index in [0.29, 0.717) is 34.6 Å². The lowest BCUT2D eigenvalue weighted by molar-refractivity contribution is -0.122. The minimum Gasteiger partial charge on any atom is -0.489 e. The highest BCUT2D eigenvalue weighted by atomic mass is 35.5. The maximum atomic E-state index is 12.9. The molecule has 0 radical (unpaired) electrons. The zero-order valence-corrected chi connectivity index (χ0v) is 22.5. The molecule has 0 unspecified atom stereocenters. The number of amides is 1. The van der Waals surface area contributed by atoms with Crippen molar-refractivity contribution >= 4 is 52.1 Å². The van der Waals surface area contributed by atoms with Gasteiger partial charge in [0.1, 0.15) is 12.4 Å². The van der Waals surface area contributed by atoms with E-state index in [1.165, 1.54) is 11.8 Å². The van der Waals surface area contributed by atoms with E-state index in [2.05, 4.69) is 29.5 Å². The molecule has 5 nitrogen and oxygen atoms in total. The summed E-state index contributed by atoms with van der Waals surface area (Å²) in [5, 5.41) is 1.96. The third-order valence-corrected chi connectivity index (χ3v) is 7.39. The van der Waals surface area contributed by atoms with Crippen molar-refractivity contribution in [2.45, 2.75) is 34.3 Å². The first-order valence-electron chi connectivity index (χ1n) is 11.4. The molecule has 1 fully saturated rings. The molecule has 182 valence electrons. The number of thioether (sulfide) groups is 1. The van der Waals surface area contributed by atoms with Crippen molar-refractivity contribution in [2.24, 2.45) is 4.99 Å². The minimum absolute atomic E-state index is 0.0109. The van der Waals surface area contributed by atoms with Crippen LogP contribution >= 0.6 is 35.0 Å². The zero-order chi connectivity index (χ0) is 25.1. The van der Waals surface area contributed by atoms with Crippen LogP contribution < -0.4 is 4.74 Å². The maximum Gasteiger partial charge on any atom is 0.266 e. The van der Waals surface area contributed by atoms with Crippen LogP contribution in [-0.4, -0.2) is 33.6 Å². The van der Waals surface area contributed by atoms with Gasteiger partial charge in [0.15, 0.2) is 5.17 Å².